The van der Waals surface area contributed by atoms with Crippen molar-refractivity contribution < 1.29 is 20.2 Å². The Morgan fingerprint density at radius 3 is 2.62 bits per heavy atom. The van der Waals surface area contributed by atoms with Crippen molar-refractivity contribution in [3.63, 3.8) is 0 Å². The molecule has 1 N–H and O–H groups in total. The summed E-state index contributed by atoms with van der Waals surface area (Å²) in [6, 6.07) is 12.1. The number of hydrogen-bond acceptors (Lipinski definition) is 4. The Kier molecular flexibility index (Phi) is 8.90. The number of para-hydroxylation sites is 1. The maximum atomic E-state index is 13.7. The molecule has 2 atom stereocenters. The number of fused-ring (bicyclic) bond motifs is 1. The van der Waals surface area contributed by atoms with Gasteiger partial charge in [-0.2, -0.15) is 0 Å². The van der Waals surface area contributed by atoms with Crippen molar-refractivity contribution in [3.05, 3.63) is 64.4 Å². The van der Waals surface area contributed by atoms with Crippen molar-refractivity contribution in [3.8, 4) is 0 Å². The van der Waals surface area contributed by atoms with Crippen LogP contribution in [0.5, 0.6) is 0 Å². The fraction of sp³-hybridized carbons (Fsp3) is 0.500. The molecular weight excluding hydrogens is 551 g/mol. The first-order chi connectivity index (χ1) is 19.2. The molecule has 7 nitrogen and oxygen atoms in total. The molecule has 3 heterocycles. The molecule has 3 aliphatic rings. The second-order valence-electron chi connectivity index (χ2n) is 11.2. The highest BCUT2D eigenvalue weighted by Crippen LogP contribution is 2.46. The zero-order valence-electron chi connectivity index (χ0n) is 22.9. The summed E-state index contributed by atoms with van der Waals surface area (Å²) in [5, 5.41) is 2.45. The highest BCUT2D eigenvalue weighted by molar-refractivity contribution is 8.01. The molecule has 0 aromatic heterocycles. The number of carbonyl (C=O) groups excluding carboxylic acids is 3. The molecule has 2 aromatic rings. The van der Waals surface area contributed by atoms with Crippen LogP contribution in [0.3, 0.4) is 0 Å². The minimum absolute atomic E-state index is 0. The van der Waals surface area contributed by atoms with E-state index in [1.165, 1.54) is 23.9 Å². The SMILES string of the molecule is CC(C)CCN1C(=O)C(CC(=O)N2CCC(N3CCc4ccccc4NC3=O)CC2)SC1c1ccc(F)cc1Cl.[HH]. The summed E-state index contributed by atoms with van der Waals surface area (Å²) in [6.45, 7) is 6.51. The van der Waals surface area contributed by atoms with E-state index in [0.717, 1.165) is 24.1 Å². The number of nitrogens with one attached hydrogen (secondary N) is 1. The number of halogens is 2. The average Bonchev–Trinajstić information content (AvgIpc) is 3.11. The summed E-state index contributed by atoms with van der Waals surface area (Å²) in [6.07, 6.45) is 3.14. The third kappa shape index (κ3) is 6.25. The molecule has 0 saturated carbocycles. The lowest BCUT2D eigenvalue weighted by molar-refractivity contribution is -0.136. The standard InChI is InChI=1S/C30H36ClFN4O3S.H2/c1-19(2)9-15-36-28(38)26(40-29(36)23-8-7-21(32)17-24(23)31)18-27(37)34-13-11-22(12-14-34)35-16-10-20-5-3-4-6-25(20)33-30(35)39;/h3-8,17,19,22,26,29H,9-16,18H2,1-2H3,(H,33,39);1H. The van der Waals surface area contributed by atoms with Crippen LogP contribution in [0, 0.1) is 11.7 Å². The van der Waals surface area contributed by atoms with E-state index >= 15 is 0 Å². The second kappa shape index (κ2) is 12.4. The van der Waals surface area contributed by atoms with Crippen LogP contribution in [0.15, 0.2) is 42.5 Å². The number of anilines is 1. The van der Waals surface area contributed by atoms with Crippen LogP contribution in [0.1, 0.15) is 57.5 Å². The van der Waals surface area contributed by atoms with Crippen molar-refractivity contribution in [1.29, 1.82) is 0 Å². The summed E-state index contributed by atoms with van der Waals surface area (Å²) in [7, 11) is 0. The smallest absolute Gasteiger partial charge is 0.322 e. The van der Waals surface area contributed by atoms with Gasteiger partial charge in [-0.25, -0.2) is 9.18 Å². The number of rotatable bonds is 7. The highest BCUT2D eigenvalue weighted by Gasteiger charge is 2.43. The molecular formula is C30H38ClFN4O3S. The Balaban J connectivity index is 0.00000387. The predicted molar refractivity (Wildman–Crippen MR) is 159 cm³/mol. The zero-order valence-corrected chi connectivity index (χ0v) is 24.5. The first kappa shape index (κ1) is 28.7. The Labute approximate surface area is 245 Å². The molecule has 5 rings (SSSR count). The molecule has 2 aromatic carbocycles. The maximum Gasteiger partial charge on any atom is 0.322 e. The Morgan fingerprint density at radius 1 is 1.15 bits per heavy atom. The number of hydrogen-bond donors (Lipinski definition) is 1. The van der Waals surface area contributed by atoms with E-state index in [-0.39, 0.29) is 42.1 Å². The van der Waals surface area contributed by atoms with Gasteiger partial charge < -0.3 is 20.0 Å². The fourth-order valence-electron chi connectivity index (χ4n) is 5.74. The number of likely N-dealkylation sites (tertiary alicyclic amines) is 1. The normalized spacial score (nSPS) is 22.0. The minimum atomic E-state index is -0.515. The lowest BCUT2D eigenvalue weighted by Gasteiger charge is -2.38. The number of benzene rings is 2. The van der Waals surface area contributed by atoms with Gasteiger partial charge in [-0.15, -0.1) is 11.8 Å². The predicted octanol–water partition coefficient (Wildman–Crippen LogP) is 6.19. The van der Waals surface area contributed by atoms with E-state index in [1.54, 1.807) is 11.0 Å². The van der Waals surface area contributed by atoms with Crippen LogP contribution in [0.4, 0.5) is 14.9 Å². The monoisotopic (exact) mass is 588 g/mol. The minimum Gasteiger partial charge on any atom is -0.342 e. The lowest BCUT2D eigenvalue weighted by atomic mass is 10.0. The third-order valence-corrected chi connectivity index (χ3v) is 9.86. The van der Waals surface area contributed by atoms with E-state index in [1.807, 2.05) is 34.1 Å². The van der Waals surface area contributed by atoms with Gasteiger partial charge in [-0.3, -0.25) is 9.59 Å². The van der Waals surface area contributed by atoms with E-state index in [4.69, 9.17) is 11.6 Å². The van der Waals surface area contributed by atoms with Crippen LogP contribution < -0.4 is 5.32 Å². The summed E-state index contributed by atoms with van der Waals surface area (Å²) in [5.74, 6) is -0.134. The number of amides is 4. The van der Waals surface area contributed by atoms with Gasteiger partial charge in [0.05, 0.1) is 5.25 Å². The quantitative estimate of drug-likeness (QED) is 0.419. The molecule has 0 bridgehead atoms. The molecule has 10 heteroatoms. The first-order valence-electron chi connectivity index (χ1n) is 14.1. The van der Waals surface area contributed by atoms with Crippen molar-refractivity contribution in [1.82, 2.24) is 14.7 Å². The third-order valence-electron chi connectivity index (χ3n) is 8.07. The molecule has 2 saturated heterocycles. The van der Waals surface area contributed by atoms with Gasteiger partial charge in [0.15, 0.2) is 0 Å². The van der Waals surface area contributed by atoms with Crippen LogP contribution in [-0.2, 0) is 16.0 Å². The van der Waals surface area contributed by atoms with Crippen LogP contribution in [-0.4, -0.2) is 70.0 Å². The van der Waals surface area contributed by atoms with Gasteiger partial charge in [0.2, 0.25) is 11.8 Å². The van der Waals surface area contributed by atoms with Crippen molar-refractivity contribution in [2.75, 3.05) is 31.5 Å². The molecule has 2 fully saturated rings. The van der Waals surface area contributed by atoms with E-state index < -0.39 is 11.1 Å². The molecule has 0 radical (unpaired) electrons. The number of thioether (sulfide) groups is 1. The van der Waals surface area contributed by atoms with Crippen molar-refractivity contribution in [2.24, 2.45) is 5.92 Å². The molecule has 216 valence electrons. The summed E-state index contributed by atoms with van der Waals surface area (Å²) < 4.78 is 13.7. The van der Waals surface area contributed by atoms with E-state index in [9.17, 15) is 18.8 Å². The maximum absolute atomic E-state index is 13.7. The van der Waals surface area contributed by atoms with Crippen LogP contribution >= 0.6 is 23.4 Å². The topological polar surface area (TPSA) is 73.0 Å². The second-order valence-corrected chi connectivity index (χ2v) is 12.9. The van der Waals surface area contributed by atoms with Gasteiger partial charge in [0.1, 0.15) is 11.2 Å². The molecule has 4 amide bonds. The highest BCUT2D eigenvalue weighted by atomic mass is 35.5. The number of nitrogens with zero attached hydrogens (tertiary/aromatic N) is 3. The Bertz CT molecular complexity index is 1280. The van der Waals surface area contributed by atoms with Gasteiger partial charge in [-0.1, -0.05) is 49.7 Å². The summed E-state index contributed by atoms with van der Waals surface area (Å²) in [5.41, 5.74) is 2.69. The Hall–Kier alpha value is -2.78. The number of carbonyl (C=O) groups is 3. The van der Waals surface area contributed by atoms with Gasteiger partial charge in [0, 0.05) is 56.3 Å². The van der Waals surface area contributed by atoms with Gasteiger partial charge in [-0.05, 0) is 55.4 Å². The van der Waals surface area contributed by atoms with Gasteiger partial charge in [0.25, 0.3) is 0 Å². The van der Waals surface area contributed by atoms with E-state index in [0.29, 0.717) is 50.5 Å². The van der Waals surface area contributed by atoms with Crippen molar-refractivity contribution >= 4 is 46.9 Å². The van der Waals surface area contributed by atoms with Crippen molar-refractivity contribution in [2.45, 2.75) is 62.6 Å². The number of piperidine rings is 1. The first-order valence-corrected chi connectivity index (χ1v) is 15.4. The summed E-state index contributed by atoms with van der Waals surface area (Å²) >= 11 is 7.81. The molecule has 3 aliphatic heterocycles. The summed E-state index contributed by atoms with van der Waals surface area (Å²) in [4.78, 5) is 45.3. The number of urea groups is 1. The molecule has 0 spiro atoms. The lowest BCUT2D eigenvalue weighted by Crippen LogP contribution is -2.50. The molecule has 40 heavy (non-hydrogen) atoms. The zero-order chi connectivity index (χ0) is 28.4. The molecule has 0 aliphatic carbocycles. The molecule has 2 unspecified atom stereocenters. The van der Waals surface area contributed by atoms with Crippen LogP contribution in [0.25, 0.3) is 0 Å². The fourth-order valence-corrected chi connectivity index (χ4v) is 7.59. The van der Waals surface area contributed by atoms with E-state index in [2.05, 4.69) is 19.2 Å². The largest absolute Gasteiger partial charge is 0.342 e. The average molecular weight is 589 g/mol. The van der Waals surface area contributed by atoms with Crippen LogP contribution in [0.2, 0.25) is 5.02 Å². The van der Waals surface area contributed by atoms with Gasteiger partial charge >= 0.3 is 6.03 Å². The Morgan fingerprint density at radius 2 is 1.90 bits per heavy atom.